The van der Waals surface area contributed by atoms with E-state index in [1.807, 2.05) is 6.07 Å². The highest BCUT2D eigenvalue weighted by Crippen LogP contribution is 2.27. The van der Waals surface area contributed by atoms with Gasteiger partial charge in [0.1, 0.15) is 5.75 Å². The second kappa shape index (κ2) is 11.0. The van der Waals surface area contributed by atoms with Gasteiger partial charge in [-0.1, -0.05) is 30.9 Å². The molecule has 0 saturated heterocycles. The molecule has 0 heterocycles. The number of nitrogens with one attached hydrogen (secondary N) is 1. The predicted octanol–water partition coefficient (Wildman–Crippen LogP) is 3.96. The molecule has 0 radical (unpaired) electrons. The van der Waals surface area contributed by atoms with Crippen LogP contribution in [0.4, 0.5) is 5.69 Å². The van der Waals surface area contributed by atoms with Gasteiger partial charge in [-0.05, 0) is 38.1 Å². The van der Waals surface area contributed by atoms with E-state index < -0.39 is 0 Å². The minimum atomic E-state index is 0. The molecule has 136 valence electrons. The molecule has 0 bridgehead atoms. The predicted molar refractivity (Wildman–Crippen MR) is 113 cm³/mol. The summed E-state index contributed by atoms with van der Waals surface area (Å²) >= 11 is 6.09. The fraction of sp³-hybridized carbons (Fsp3) is 0.588. The second-order valence-electron chi connectivity index (χ2n) is 6.01. The average Bonchev–Trinajstić information content (AvgIpc) is 2.55. The Bertz CT molecular complexity index is 535. The van der Waals surface area contributed by atoms with Crippen LogP contribution in [0.5, 0.6) is 5.75 Å². The van der Waals surface area contributed by atoms with Crippen LogP contribution in [0.25, 0.3) is 0 Å². The number of rotatable bonds is 6. The molecule has 1 aromatic carbocycles. The number of aliphatic imine (C=N–C) groups is 1. The van der Waals surface area contributed by atoms with Crippen molar-refractivity contribution < 1.29 is 4.74 Å². The van der Waals surface area contributed by atoms with E-state index in [0.717, 1.165) is 12.2 Å². The molecule has 2 rings (SSSR count). The van der Waals surface area contributed by atoms with E-state index in [2.05, 4.69) is 22.3 Å². The standard InChI is InChI=1S/C17H27ClN4O.HI/c1-22(14-6-4-3-5-7-14)11-10-20-17(19)21-13-8-9-16(23-2)15(18)12-13;/h8-9,12,14H,3-7,10-11H2,1-2H3,(H3,19,20,21);1H. The van der Waals surface area contributed by atoms with E-state index in [-0.39, 0.29) is 24.0 Å². The van der Waals surface area contributed by atoms with Gasteiger partial charge in [-0.2, -0.15) is 0 Å². The van der Waals surface area contributed by atoms with E-state index >= 15 is 0 Å². The number of hydrogen-bond acceptors (Lipinski definition) is 3. The van der Waals surface area contributed by atoms with Crippen LogP contribution in [-0.4, -0.2) is 44.1 Å². The summed E-state index contributed by atoms with van der Waals surface area (Å²) < 4.78 is 5.13. The maximum atomic E-state index is 6.09. The van der Waals surface area contributed by atoms with Crippen LogP contribution < -0.4 is 15.8 Å². The van der Waals surface area contributed by atoms with Crippen LogP contribution in [-0.2, 0) is 0 Å². The molecule has 1 saturated carbocycles. The van der Waals surface area contributed by atoms with Gasteiger partial charge in [-0.3, -0.25) is 4.99 Å². The molecule has 5 nitrogen and oxygen atoms in total. The van der Waals surface area contributed by atoms with E-state index in [4.69, 9.17) is 22.1 Å². The van der Waals surface area contributed by atoms with Crippen molar-refractivity contribution in [2.75, 3.05) is 32.6 Å². The van der Waals surface area contributed by atoms with Crippen LogP contribution in [0, 0.1) is 0 Å². The Labute approximate surface area is 167 Å². The number of likely N-dealkylation sites (N-methyl/N-ethyl adjacent to an activating group) is 1. The normalized spacial score (nSPS) is 15.9. The molecule has 0 unspecified atom stereocenters. The Kier molecular flexibility index (Phi) is 9.76. The van der Waals surface area contributed by atoms with E-state index in [1.165, 1.54) is 32.1 Å². The number of anilines is 1. The van der Waals surface area contributed by atoms with Gasteiger partial charge in [-0.25, -0.2) is 0 Å². The van der Waals surface area contributed by atoms with Gasteiger partial charge in [0.2, 0.25) is 0 Å². The third-order valence-electron chi connectivity index (χ3n) is 4.36. The highest BCUT2D eigenvalue weighted by molar-refractivity contribution is 14.0. The Hall–Kier alpha value is -0.730. The van der Waals surface area contributed by atoms with Crippen molar-refractivity contribution in [2.24, 2.45) is 10.7 Å². The molecule has 24 heavy (non-hydrogen) atoms. The van der Waals surface area contributed by atoms with Crippen LogP contribution in [0.2, 0.25) is 5.02 Å². The number of benzene rings is 1. The Morgan fingerprint density at radius 3 is 2.71 bits per heavy atom. The molecular weight excluding hydrogens is 439 g/mol. The summed E-state index contributed by atoms with van der Waals surface area (Å²) in [5.74, 6) is 1.05. The van der Waals surface area contributed by atoms with Gasteiger partial charge in [0.15, 0.2) is 5.96 Å². The number of nitrogens with two attached hydrogens (primary N) is 1. The first-order valence-electron chi connectivity index (χ1n) is 8.21. The molecule has 7 heteroatoms. The molecule has 0 amide bonds. The summed E-state index contributed by atoms with van der Waals surface area (Å²) in [5, 5.41) is 3.60. The third-order valence-corrected chi connectivity index (χ3v) is 4.65. The number of methoxy groups -OCH3 is 1. The maximum Gasteiger partial charge on any atom is 0.193 e. The minimum Gasteiger partial charge on any atom is -0.495 e. The molecule has 0 aliphatic heterocycles. The van der Waals surface area contributed by atoms with Crippen molar-refractivity contribution in [3.63, 3.8) is 0 Å². The lowest BCUT2D eigenvalue weighted by molar-refractivity contribution is 0.196. The van der Waals surface area contributed by atoms with E-state index in [1.54, 1.807) is 19.2 Å². The summed E-state index contributed by atoms with van der Waals surface area (Å²) in [7, 11) is 3.77. The maximum absolute atomic E-state index is 6.09. The van der Waals surface area contributed by atoms with Gasteiger partial charge in [0.05, 0.1) is 18.7 Å². The zero-order valence-electron chi connectivity index (χ0n) is 14.4. The first kappa shape index (κ1) is 21.3. The van der Waals surface area contributed by atoms with Crippen LogP contribution in [0.1, 0.15) is 32.1 Å². The molecular formula is C17H28ClIN4O. The zero-order valence-corrected chi connectivity index (χ0v) is 17.5. The fourth-order valence-corrected chi connectivity index (χ4v) is 3.22. The molecule has 1 aromatic rings. The van der Waals surface area contributed by atoms with Gasteiger partial charge < -0.3 is 20.7 Å². The Balaban J connectivity index is 0.00000288. The zero-order chi connectivity index (χ0) is 16.7. The van der Waals surface area contributed by atoms with Crippen molar-refractivity contribution >= 4 is 47.2 Å². The summed E-state index contributed by atoms with van der Waals surface area (Å²) in [4.78, 5) is 6.80. The smallest absolute Gasteiger partial charge is 0.193 e. The van der Waals surface area contributed by atoms with Gasteiger partial charge in [0, 0.05) is 18.3 Å². The second-order valence-corrected chi connectivity index (χ2v) is 6.42. The first-order chi connectivity index (χ1) is 11.1. The largest absolute Gasteiger partial charge is 0.495 e. The fourth-order valence-electron chi connectivity index (χ4n) is 2.96. The first-order valence-corrected chi connectivity index (χ1v) is 8.58. The molecule has 1 fully saturated rings. The van der Waals surface area contributed by atoms with Gasteiger partial charge in [0.25, 0.3) is 0 Å². The number of ether oxygens (including phenoxy) is 1. The SMILES string of the molecule is COc1ccc(NC(N)=NCCN(C)C2CCCCC2)cc1Cl.I. The van der Waals surface area contributed by atoms with Crippen molar-refractivity contribution in [3.05, 3.63) is 23.2 Å². The van der Waals surface area contributed by atoms with Crippen molar-refractivity contribution in [1.82, 2.24) is 4.90 Å². The minimum absolute atomic E-state index is 0. The molecule has 3 N–H and O–H groups in total. The van der Waals surface area contributed by atoms with Gasteiger partial charge in [-0.15, -0.1) is 24.0 Å². The summed E-state index contributed by atoms with van der Waals surface area (Å²) in [6.07, 6.45) is 6.68. The monoisotopic (exact) mass is 466 g/mol. The molecule has 1 aliphatic rings. The van der Waals surface area contributed by atoms with Crippen molar-refractivity contribution in [3.8, 4) is 5.75 Å². The quantitative estimate of drug-likeness (QED) is 0.378. The summed E-state index contributed by atoms with van der Waals surface area (Å²) in [5.41, 5.74) is 6.74. The Morgan fingerprint density at radius 2 is 2.08 bits per heavy atom. The topological polar surface area (TPSA) is 62.9 Å². The van der Waals surface area contributed by atoms with Crippen LogP contribution >= 0.6 is 35.6 Å². The summed E-state index contributed by atoms with van der Waals surface area (Å²) in [6, 6.07) is 6.14. The number of halogens is 2. The highest BCUT2D eigenvalue weighted by Gasteiger charge is 2.17. The summed E-state index contributed by atoms with van der Waals surface area (Å²) in [6.45, 7) is 1.62. The third kappa shape index (κ3) is 6.64. The molecule has 0 spiro atoms. The average molecular weight is 467 g/mol. The lowest BCUT2D eigenvalue weighted by Gasteiger charge is -2.30. The van der Waals surface area contributed by atoms with Crippen LogP contribution in [0.3, 0.4) is 0 Å². The number of guanidine groups is 1. The van der Waals surface area contributed by atoms with E-state index in [0.29, 0.717) is 29.3 Å². The lowest BCUT2D eigenvalue weighted by Crippen LogP contribution is -2.35. The van der Waals surface area contributed by atoms with Crippen molar-refractivity contribution in [1.29, 1.82) is 0 Å². The molecule has 0 aromatic heterocycles. The van der Waals surface area contributed by atoms with Gasteiger partial charge >= 0.3 is 0 Å². The number of nitrogens with zero attached hydrogens (tertiary/aromatic N) is 2. The molecule has 1 aliphatic carbocycles. The van der Waals surface area contributed by atoms with E-state index in [9.17, 15) is 0 Å². The lowest BCUT2D eigenvalue weighted by atomic mass is 9.94. The van der Waals surface area contributed by atoms with Crippen molar-refractivity contribution in [2.45, 2.75) is 38.1 Å². The number of hydrogen-bond donors (Lipinski definition) is 2. The highest BCUT2D eigenvalue weighted by atomic mass is 127. The Morgan fingerprint density at radius 1 is 1.38 bits per heavy atom. The van der Waals surface area contributed by atoms with Crippen LogP contribution in [0.15, 0.2) is 23.2 Å². The molecule has 0 atom stereocenters.